The van der Waals surface area contributed by atoms with Crippen LogP contribution in [0, 0.1) is 0 Å². The van der Waals surface area contributed by atoms with E-state index >= 15 is 0 Å². The molecule has 8 nitrogen and oxygen atoms in total. The number of nitrogens with one attached hydrogen (secondary N) is 2. The molecule has 0 bridgehead atoms. The zero-order valence-electron chi connectivity index (χ0n) is 13.5. The summed E-state index contributed by atoms with van der Waals surface area (Å²) in [5.74, 6) is 0.273. The van der Waals surface area contributed by atoms with Crippen LogP contribution in [0.3, 0.4) is 0 Å². The molecule has 8 heteroatoms. The van der Waals surface area contributed by atoms with E-state index in [0.29, 0.717) is 5.69 Å². The monoisotopic (exact) mass is 343 g/mol. The van der Waals surface area contributed by atoms with Crippen LogP contribution in [0.2, 0.25) is 0 Å². The van der Waals surface area contributed by atoms with Gasteiger partial charge in [0.1, 0.15) is 11.5 Å². The maximum absolute atomic E-state index is 11.9. The second kappa shape index (κ2) is 5.28. The Hall–Kier alpha value is -3.94. The Morgan fingerprint density at radius 2 is 1.92 bits per heavy atom. The van der Waals surface area contributed by atoms with E-state index in [4.69, 9.17) is 5.73 Å². The first-order valence-corrected chi connectivity index (χ1v) is 7.97. The van der Waals surface area contributed by atoms with Crippen LogP contribution in [-0.2, 0) is 0 Å². The Balaban J connectivity index is 1.75. The maximum Gasteiger partial charge on any atom is 0.267 e. The number of rotatable bonds is 3. The van der Waals surface area contributed by atoms with Crippen LogP contribution < -0.4 is 5.73 Å². The number of nitrogens with zero attached hydrogens (tertiary/aromatic N) is 4. The van der Waals surface area contributed by atoms with Crippen LogP contribution >= 0.6 is 0 Å². The Kier molecular flexibility index (Phi) is 2.93. The highest BCUT2D eigenvalue weighted by Gasteiger charge is 2.17. The Morgan fingerprint density at radius 1 is 1.08 bits per heavy atom. The molecule has 5 rings (SSSR count). The van der Waals surface area contributed by atoms with Gasteiger partial charge in [-0.3, -0.25) is 14.6 Å². The Morgan fingerprint density at radius 3 is 2.65 bits per heavy atom. The summed E-state index contributed by atoms with van der Waals surface area (Å²) in [5.41, 5.74) is 9.29. The number of hydrogen-bond donors (Lipinski definition) is 3. The molecule has 0 aliphatic carbocycles. The molecule has 0 radical (unpaired) electrons. The molecule has 126 valence electrons. The van der Waals surface area contributed by atoms with Crippen molar-refractivity contribution in [3.05, 3.63) is 60.7 Å². The second-order valence-corrected chi connectivity index (χ2v) is 5.91. The van der Waals surface area contributed by atoms with Crippen LogP contribution in [0.15, 0.2) is 55.0 Å². The van der Waals surface area contributed by atoms with E-state index in [0.717, 1.165) is 38.9 Å². The van der Waals surface area contributed by atoms with Crippen LogP contribution in [0.4, 0.5) is 0 Å². The fourth-order valence-electron chi connectivity index (χ4n) is 3.20. The number of benzene rings is 2. The molecule has 0 fully saturated rings. The van der Waals surface area contributed by atoms with Gasteiger partial charge < -0.3 is 10.7 Å². The van der Waals surface area contributed by atoms with E-state index in [1.165, 1.54) is 0 Å². The van der Waals surface area contributed by atoms with Gasteiger partial charge in [-0.2, -0.15) is 10.2 Å². The minimum atomic E-state index is -0.521. The van der Waals surface area contributed by atoms with Crippen molar-refractivity contribution in [3.8, 4) is 17.1 Å². The van der Waals surface area contributed by atoms with Crippen molar-refractivity contribution in [1.82, 2.24) is 29.9 Å². The fraction of sp³-hybridized carbons (Fsp3) is 0. The number of H-pyrrole nitrogens is 2. The number of hydrogen-bond acceptors (Lipinski definition) is 4. The highest BCUT2D eigenvalue weighted by atomic mass is 16.1. The van der Waals surface area contributed by atoms with Gasteiger partial charge in [0.2, 0.25) is 0 Å². The van der Waals surface area contributed by atoms with E-state index < -0.39 is 5.91 Å². The number of amides is 1. The van der Waals surface area contributed by atoms with Crippen molar-refractivity contribution >= 4 is 27.7 Å². The lowest BCUT2D eigenvalue weighted by Crippen LogP contribution is -2.12. The molecule has 0 spiro atoms. The molecule has 3 heterocycles. The molecule has 3 aromatic heterocycles. The summed E-state index contributed by atoms with van der Waals surface area (Å²) in [6, 6.07) is 11.5. The number of primary amides is 1. The summed E-state index contributed by atoms with van der Waals surface area (Å²) in [5, 5.41) is 12.8. The molecular weight excluding hydrogens is 330 g/mol. The highest BCUT2D eigenvalue weighted by Crippen LogP contribution is 2.29. The smallest absolute Gasteiger partial charge is 0.267 e. The summed E-state index contributed by atoms with van der Waals surface area (Å²) in [4.78, 5) is 19.2. The zero-order valence-corrected chi connectivity index (χ0v) is 13.5. The predicted molar refractivity (Wildman–Crippen MR) is 96.8 cm³/mol. The van der Waals surface area contributed by atoms with Gasteiger partial charge in [-0.25, -0.2) is 4.98 Å². The van der Waals surface area contributed by atoms with Crippen LogP contribution in [-0.4, -0.2) is 35.9 Å². The molecular formula is C18H13N7O. The second-order valence-electron chi connectivity index (χ2n) is 5.91. The van der Waals surface area contributed by atoms with Crippen molar-refractivity contribution in [1.29, 1.82) is 0 Å². The van der Waals surface area contributed by atoms with Gasteiger partial charge in [-0.1, -0.05) is 0 Å². The summed E-state index contributed by atoms with van der Waals surface area (Å²) < 4.78 is 1.83. The third kappa shape index (κ3) is 2.02. The summed E-state index contributed by atoms with van der Waals surface area (Å²) in [6.07, 6.45) is 5.17. The average molecular weight is 343 g/mol. The molecule has 0 unspecified atom stereocenters. The topological polar surface area (TPSA) is 118 Å². The molecule has 26 heavy (non-hydrogen) atoms. The van der Waals surface area contributed by atoms with Crippen LogP contribution in [0.1, 0.15) is 10.5 Å². The third-order valence-corrected chi connectivity index (χ3v) is 4.41. The van der Waals surface area contributed by atoms with E-state index in [1.807, 2.05) is 41.1 Å². The van der Waals surface area contributed by atoms with E-state index in [2.05, 4.69) is 25.3 Å². The number of aromatic amines is 2. The number of carbonyl (C=O) groups excluding carboxylic acids is 1. The van der Waals surface area contributed by atoms with Crippen LogP contribution in [0.5, 0.6) is 0 Å². The van der Waals surface area contributed by atoms with Gasteiger partial charge in [-0.05, 0) is 36.4 Å². The number of carbonyl (C=O) groups is 1. The lowest BCUT2D eigenvalue weighted by molar-refractivity contribution is 0.0996. The van der Waals surface area contributed by atoms with Gasteiger partial charge in [0.15, 0.2) is 0 Å². The number of fused-ring (bicyclic) bond motifs is 3. The summed E-state index contributed by atoms with van der Waals surface area (Å²) >= 11 is 0. The fourth-order valence-corrected chi connectivity index (χ4v) is 3.20. The number of imidazole rings is 1. The summed E-state index contributed by atoms with van der Waals surface area (Å²) in [6.45, 7) is 0. The van der Waals surface area contributed by atoms with Gasteiger partial charge in [0, 0.05) is 28.7 Å². The molecule has 5 aromatic rings. The lowest BCUT2D eigenvalue weighted by atomic mass is 10.1. The molecule has 4 N–H and O–H groups in total. The maximum atomic E-state index is 11.9. The largest absolute Gasteiger partial charge is 0.364 e. The van der Waals surface area contributed by atoms with Crippen molar-refractivity contribution in [2.24, 2.45) is 5.73 Å². The minimum absolute atomic E-state index is 0.346. The average Bonchev–Trinajstić information content (AvgIpc) is 3.39. The number of aromatic nitrogens is 6. The predicted octanol–water partition coefficient (Wildman–Crippen LogP) is 2.39. The quantitative estimate of drug-likeness (QED) is 0.466. The third-order valence-electron chi connectivity index (χ3n) is 4.41. The first kappa shape index (κ1) is 14.4. The van der Waals surface area contributed by atoms with E-state index in [-0.39, 0.29) is 0 Å². The first-order valence-electron chi connectivity index (χ1n) is 7.97. The van der Waals surface area contributed by atoms with Gasteiger partial charge >= 0.3 is 0 Å². The standard InChI is InChI=1S/C18H13N7O/c19-17(26)15-12-5-6-14-13(9-22-23-14)16(12)25(24-15)11-3-1-10(2-4-11)18-20-7-8-21-18/h1-9,24H,(H2,19,26)(H,20,21). The SMILES string of the molecule is NC(=O)c1[nH]n(-c2ccc(-c3ncc[nH]3)cc2)c2c1ccc1nncc12. The zero-order chi connectivity index (χ0) is 17.7. The molecule has 0 aliphatic rings. The van der Waals surface area contributed by atoms with Crippen molar-refractivity contribution in [3.63, 3.8) is 0 Å². The van der Waals surface area contributed by atoms with E-state index in [9.17, 15) is 4.79 Å². The highest BCUT2D eigenvalue weighted by molar-refractivity contribution is 6.12. The first-order chi connectivity index (χ1) is 12.7. The van der Waals surface area contributed by atoms with Crippen LogP contribution in [0.25, 0.3) is 38.9 Å². The molecule has 0 saturated heterocycles. The van der Waals surface area contributed by atoms with Gasteiger partial charge in [0.05, 0.1) is 22.9 Å². The molecule has 0 saturated carbocycles. The lowest BCUT2D eigenvalue weighted by Gasteiger charge is -2.06. The van der Waals surface area contributed by atoms with E-state index in [1.54, 1.807) is 18.6 Å². The van der Waals surface area contributed by atoms with Gasteiger partial charge in [-0.15, -0.1) is 0 Å². The van der Waals surface area contributed by atoms with Crippen molar-refractivity contribution in [2.75, 3.05) is 0 Å². The minimum Gasteiger partial charge on any atom is -0.364 e. The molecule has 0 atom stereocenters. The molecule has 1 amide bonds. The summed E-state index contributed by atoms with van der Waals surface area (Å²) in [7, 11) is 0. The van der Waals surface area contributed by atoms with Gasteiger partial charge in [0.25, 0.3) is 5.91 Å². The van der Waals surface area contributed by atoms with Crippen molar-refractivity contribution < 1.29 is 4.79 Å². The number of nitrogens with two attached hydrogens (primary N) is 1. The van der Waals surface area contributed by atoms with Crippen molar-refractivity contribution in [2.45, 2.75) is 0 Å². The molecule has 0 aliphatic heterocycles. The Labute approximate surface area is 146 Å². The normalized spacial score (nSPS) is 11.4. The molecule has 2 aromatic carbocycles. The Bertz CT molecular complexity index is 1250.